The molecule has 2 rings (SSSR count). The van der Waals surface area contributed by atoms with E-state index in [4.69, 9.17) is 16.3 Å². The highest BCUT2D eigenvalue weighted by atomic mass is 35.5. The van der Waals surface area contributed by atoms with Crippen LogP contribution >= 0.6 is 11.6 Å². The molecule has 6 heteroatoms. The van der Waals surface area contributed by atoms with Crippen molar-refractivity contribution in [3.63, 3.8) is 0 Å². The van der Waals surface area contributed by atoms with Crippen molar-refractivity contribution in [3.8, 4) is 11.6 Å². The molecule has 2 aromatic rings. The molecule has 0 unspecified atom stereocenters. The number of methoxy groups -OCH3 is 1. The molecule has 0 aliphatic heterocycles. The molecule has 0 amide bonds. The molecule has 82 valence electrons. The van der Waals surface area contributed by atoms with Crippen LogP contribution in [-0.2, 0) is 11.3 Å². The Bertz CT molecular complexity index is 478. The molecule has 0 aliphatic rings. The van der Waals surface area contributed by atoms with Crippen LogP contribution in [0.4, 0.5) is 0 Å². The van der Waals surface area contributed by atoms with Gasteiger partial charge in [-0.1, -0.05) is 11.6 Å². The van der Waals surface area contributed by atoms with E-state index in [0.717, 1.165) is 0 Å². The second-order valence-electron chi connectivity index (χ2n) is 3.01. The third-order valence-electron chi connectivity index (χ3n) is 1.81. The normalized spacial score (nSPS) is 10.4. The van der Waals surface area contributed by atoms with E-state index in [-0.39, 0.29) is 0 Å². The molecule has 2 aromatic heterocycles. The van der Waals surface area contributed by atoms with Crippen molar-refractivity contribution < 1.29 is 4.74 Å². The molecule has 5 nitrogen and oxygen atoms in total. The summed E-state index contributed by atoms with van der Waals surface area (Å²) in [5.41, 5.74) is 0.699. The van der Waals surface area contributed by atoms with E-state index >= 15 is 0 Å². The van der Waals surface area contributed by atoms with Gasteiger partial charge >= 0.3 is 0 Å². The van der Waals surface area contributed by atoms with E-state index in [1.165, 1.54) is 0 Å². The maximum atomic E-state index is 5.87. The number of ether oxygens (including phenoxy) is 1. The summed E-state index contributed by atoms with van der Waals surface area (Å²) in [4.78, 5) is 16.4. The summed E-state index contributed by atoms with van der Waals surface area (Å²) in [6, 6.07) is 3.38. The van der Waals surface area contributed by atoms with Gasteiger partial charge in [0.1, 0.15) is 5.15 Å². The number of halogens is 1. The number of nitrogens with zero attached hydrogens (tertiary/aromatic N) is 4. The van der Waals surface area contributed by atoms with Crippen molar-refractivity contribution in [2.24, 2.45) is 0 Å². The Morgan fingerprint density at radius 3 is 2.62 bits per heavy atom. The number of hydrogen-bond acceptors (Lipinski definition) is 5. The van der Waals surface area contributed by atoms with Crippen LogP contribution in [0.2, 0.25) is 5.15 Å². The fraction of sp³-hybridized carbons (Fsp3) is 0.200. The lowest BCUT2D eigenvalue weighted by Crippen LogP contribution is -1.99. The standard InChI is InChI=1S/C10H9ClN4O/c1-16-6-7-5-8(11)15-10(14-7)9-12-3-2-4-13-9/h2-5H,6H2,1H3. The fourth-order valence-corrected chi connectivity index (χ4v) is 1.41. The summed E-state index contributed by atoms with van der Waals surface area (Å²) < 4.78 is 4.98. The SMILES string of the molecule is COCc1cc(Cl)nc(-c2ncccn2)n1. The lowest BCUT2D eigenvalue weighted by atomic mass is 10.4. The summed E-state index contributed by atoms with van der Waals surface area (Å²) in [6.45, 7) is 0.377. The summed E-state index contributed by atoms with van der Waals surface area (Å²) in [5.74, 6) is 0.850. The second-order valence-corrected chi connectivity index (χ2v) is 3.40. The molecule has 2 heterocycles. The average molecular weight is 237 g/mol. The second kappa shape index (κ2) is 4.96. The number of rotatable bonds is 3. The molecule has 0 aliphatic carbocycles. The Hall–Kier alpha value is -1.59. The first-order valence-electron chi connectivity index (χ1n) is 4.59. The summed E-state index contributed by atoms with van der Waals surface area (Å²) in [5, 5.41) is 0.351. The Balaban J connectivity index is 2.41. The molecular formula is C10H9ClN4O. The number of hydrogen-bond donors (Lipinski definition) is 0. The minimum atomic E-state index is 0.351. The van der Waals surface area contributed by atoms with Crippen LogP contribution in [0.3, 0.4) is 0 Å². The quantitative estimate of drug-likeness (QED) is 0.760. The van der Waals surface area contributed by atoms with Crippen molar-refractivity contribution in [3.05, 3.63) is 35.4 Å². The zero-order valence-electron chi connectivity index (χ0n) is 8.59. The van der Waals surface area contributed by atoms with Gasteiger partial charge in [-0.15, -0.1) is 0 Å². The molecule has 0 bridgehead atoms. The molecule has 0 spiro atoms. The van der Waals surface area contributed by atoms with Gasteiger partial charge in [-0.05, 0) is 12.1 Å². The van der Waals surface area contributed by atoms with E-state index in [2.05, 4.69) is 19.9 Å². The van der Waals surface area contributed by atoms with Crippen LogP contribution in [0.25, 0.3) is 11.6 Å². The molecule has 0 saturated heterocycles. The van der Waals surface area contributed by atoms with Gasteiger partial charge in [0.25, 0.3) is 0 Å². The van der Waals surface area contributed by atoms with Crippen molar-refractivity contribution in [2.45, 2.75) is 6.61 Å². The Labute approximate surface area is 97.5 Å². The van der Waals surface area contributed by atoms with Crippen LogP contribution in [0.1, 0.15) is 5.69 Å². The fourth-order valence-electron chi connectivity index (χ4n) is 1.20. The molecule has 0 N–H and O–H groups in total. The minimum Gasteiger partial charge on any atom is -0.378 e. The highest BCUT2D eigenvalue weighted by Crippen LogP contribution is 2.14. The van der Waals surface area contributed by atoms with Crippen LogP contribution < -0.4 is 0 Å². The molecular weight excluding hydrogens is 228 g/mol. The molecule has 16 heavy (non-hydrogen) atoms. The number of aromatic nitrogens is 4. The van der Waals surface area contributed by atoms with Crippen LogP contribution in [-0.4, -0.2) is 27.0 Å². The first-order chi connectivity index (χ1) is 7.79. The topological polar surface area (TPSA) is 60.8 Å². The lowest BCUT2D eigenvalue weighted by Gasteiger charge is -2.02. The molecule has 0 aromatic carbocycles. The van der Waals surface area contributed by atoms with Crippen molar-refractivity contribution in [1.29, 1.82) is 0 Å². The van der Waals surface area contributed by atoms with Crippen molar-refractivity contribution in [1.82, 2.24) is 19.9 Å². The van der Waals surface area contributed by atoms with Gasteiger partial charge in [0.15, 0.2) is 11.6 Å². The van der Waals surface area contributed by atoms with Crippen LogP contribution in [0.5, 0.6) is 0 Å². The van der Waals surface area contributed by atoms with Crippen LogP contribution in [0.15, 0.2) is 24.5 Å². The van der Waals surface area contributed by atoms with Gasteiger partial charge in [0, 0.05) is 19.5 Å². The van der Waals surface area contributed by atoms with Crippen molar-refractivity contribution in [2.75, 3.05) is 7.11 Å². The zero-order valence-corrected chi connectivity index (χ0v) is 9.35. The first kappa shape index (κ1) is 10.9. The first-order valence-corrected chi connectivity index (χ1v) is 4.97. The molecule has 0 fully saturated rings. The summed E-state index contributed by atoms with van der Waals surface area (Å²) in [7, 11) is 1.59. The van der Waals surface area contributed by atoms with Gasteiger partial charge in [0.2, 0.25) is 0 Å². The highest BCUT2D eigenvalue weighted by molar-refractivity contribution is 6.29. The smallest absolute Gasteiger partial charge is 0.199 e. The van der Waals surface area contributed by atoms with Gasteiger partial charge in [-0.2, -0.15) is 0 Å². The molecule has 0 radical (unpaired) electrons. The molecule has 0 atom stereocenters. The van der Waals surface area contributed by atoms with Crippen LogP contribution in [0, 0.1) is 0 Å². The summed E-state index contributed by atoms with van der Waals surface area (Å²) in [6.07, 6.45) is 3.26. The predicted molar refractivity (Wildman–Crippen MR) is 58.8 cm³/mol. The third kappa shape index (κ3) is 2.50. The highest BCUT2D eigenvalue weighted by Gasteiger charge is 2.07. The average Bonchev–Trinajstić information content (AvgIpc) is 2.30. The van der Waals surface area contributed by atoms with E-state index < -0.39 is 0 Å². The van der Waals surface area contributed by atoms with Gasteiger partial charge < -0.3 is 4.74 Å². The summed E-state index contributed by atoms with van der Waals surface area (Å²) >= 11 is 5.87. The predicted octanol–water partition coefficient (Wildman–Crippen LogP) is 1.73. The Morgan fingerprint density at radius 2 is 1.94 bits per heavy atom. The zero-order chi connectivity index (χ0) is 11.4. The maximum absolute atomic E-state index is 5.87. The van der Waals surface area contributed by atoms with E-state index in [1.807, 2.05) is 0 Å². The van der Waals surface area contributed by atoms with Gasteiger partial charge in [-0.3, -0.25) is 0 Å². The largest absolute Gasteiger partial charge is 0.378 e. The molecule has 0 saturated carbocycles. The van der Waals surface area contributed by atoms with Gasteiger partial charge in [-0.25, -0.2) is 19.9 Å². The maximum Gasteiger partial charge on any atom is 0.199 e. The third-order valence-corrected chi connectivity index (χ3v) is 2.00. The van der Waals surface area contributed by atoms with E-state index in [0.29, 0.717) is 29.1 Å². The Kier molecular flexibility index (Phi) is 3.38. The monoisotopic (exact) mass is 236 g/mol. The van der Waals surface area contributed by atoms with E-state index in [1.54, 1.807) is 31.6 Å². The lowest BCUT2D eigenvalue weighted by molar-refractivity contribution is 0.181. The minimum absolute atomic E-state index is 0.351. The van der Waals surface area contributed by atoms with Gasteiger partial charge in [0.05, 0.1) is 12.3 Å². The van der Waals surface area contributed by atoms with Crippen molar-refractivity contribution >= 4 is 11.6 Å². The van der Waals surface area contributed by atoms with E-state index in [9.17, 15) is 0 Å². The Morgan fingerprint density at radius 1 is 1.19 bits per heavy atom.